The number of guanidine groups is 1. The fourth-order valence-corrected chi connectivity index (χ4v) is 3.78. The van der Waals surface area contributed by atoms with Gasteiger partial charge in [-0.05, 0) is 50.5 Å². The Morgan fingerprint density at radius 1 is 1.00 bits per heavy atom. The largest absolute Gasteiger partial charge is 0.357 e. The Labute approximate surface area is 202 Å². The highest BCUT2D eigenvalue weighted by Gasteiger charge is 2.29. The number of amides is 2. The number of hydrogen-bond acceptors (Lipinski definition) is 3. The summed E-state index contributed by atoms with van der Waals surface area (Å²) in [5.41, 5.74) is 1.38. The lowest BCUT2D eigenvalue weighted by molar-refractivity contribution is -0.131. The molecule has 172 valence electrons. The summed E-state index contributed by atoms with van der Waals surface area (Å²) in [6, 6.07) is 10.6. The normalized spacial score (nSPS) is 16.9. The number of piperidine rings is 1. The van der Waals surface area contributed by atoms with Crippen LogP contribution in [0.25, 0.3) is 0 Å². The van der Waals surface area contributed by atoms with Gasteiger partial charge >= 0.3 is 0 Å². The van der Waals surface area contributed by atoms with Crippen LogP contribution in [0.15, 0.2) is 35.3 Å². The molecule has 0 bridgehead atoms. The van der Waals surface area contributed by atoms with Gasteiger partial charge in [-0.3, -0.25) is 9.59 Å². The molecular weight excluding hydrogens is 505 g/mol. The first-order valence-electron chi connectivity index (χ1n) is 11.3. The maximum Gasteiger partial charge on any atom is 0.244 e. The van der Waals surface area contributed by atoms with Gasteiger partial charge in [0, 0.05) is 38.6 Å². The molecule has 7 nitrogen and oxygen atoms in total. The average molecular weight is 541 g/mol. The molecule has 1 saturated heterocycles. The van der Waals surface area contributed by atoms with Crippen molar-refractivity contribution >= 4 is 41.8 Å². The van der Waals surface area contributed by atoms with E-state index in [1.165, 1.54) is 5.56 Å². The zero-order chi connectivity index (χ0) is 21.2. The van der Waals surface area contributed by atoms with Gasteiger partial charge in [-0.2, -0.15) is 0 Å². The number of carbonyl (C=O) groups is 2. The third-order valence-electron chi connectivity index (χ3n) is 5.72. The van der Waals surface area contributed by atoms with Crippen LogP contribution in [0.4, 0.5) is 0 Å². The van der Waals surface area contributed by atoms with Gasteiger partial charge in [0.25, 0.3) is 0 Å². The summed E-state index contributed by atoms with van der Waals surface area (Å²) in [6.45, 7) is 5.62. The van der Waals surface area contributed by atoms with Crippen LogP contribution in [-0.2, 0) is 16.0 Å². The number of nitrogens with zero attached hydrogens (tertiary/aromatic N) is 2. The van der Waals surface area contributed by atoms with E-state index in [0.29, 0.717) is 25.0 Å². The molecule has 2 fully saturated rings. The Hall–Kier alpha value is -1.84. The predicted octanol–water partition coefficient (Wildman–Crippen LogP) is 2.17. The highest BCUT2D eigenvalue weighted by Crippen LogP contribution is 2.28. The maximum atomic E-state index is 12.6. The van der Waals surface area contributed by atoms with E-state index < -0.39 is 0 Å². The van der Waals surface area contributed by atoms with Gasteiger partial charge in [0.2, 0.25) is 11.8 Å². The molecule has 1 saturated carbocycles. The molecule has 0 unspecified atom stereocenters. The number of halogens is 1. The number of nitrogens with one attached hydrogen (secondary N) is 3. The van der Waals surface area contributed by atoms with Crippen molar-refractivity contribution in [2.24, 2.45) is 16.8 Å². The van der Waals surface area contributed by atoms with Crippen molar-refractivity contribution in [2.75, 3.05) is 39.3 Å². The predicted molar refractivity (Wildman–Crippen MR) is 135 cm³/mol. The number of rotatable bonds is 9. The summed E-state index contributed by atoms with van der Waals surface area (Å²) in [5, 5.41) is 9.26. The van der Waals surface area contributed by atoms with Gasteiger partial charge in [-0.1, -0.05) is 30.3 Å². The Morgan fingerprint density at radius 3 is 2.32 bits per heavy atom. The molecule has 3 N–H and O–H groups in total. The van der Waals surface area contributed by atoms with E-state index >= 15 is 0 Å². The number of hydrogen-bond donors (Lipinski definition) is 3. The minimum atomic E-state index is 0. The number of likely N-dealkylation sites (tertiary alicyclic amines) is 1. The average Bonchev–Trinajstić information content (AvgIpc) is 3.61. The van der Waals surface area contributed by atoms with Gasteiger partial charge in [-0.25, -0.2) is 4.99 Å². The van der Waals surface area contributed by atoms with Crippen molar-refractivity contribution in [1.82, 2.24) is 20.9 Å². The lowest BCUT2D eigenvalue weighted by Gasteiger charge is -2.32. The maximum absolute atomic E-state index is 12.6. The van der Waals surface area contributed by atoms with Crippen LogP contribution >= 0.6 is 24.0 Å². The van der Waals surface area contributed by atoms with E-state index in [1.807, 2.05) is 17.9 Å². The van der Waals surface area contributed by atoms with Crippen LogP contribution < -0.4 is 16.0 Å². The first-order valence-corrected chi connectivity index (χ1v) is 11.3. The van der Waals surface area contributed by atoms with Gasteiger partial charge < -0.3 is 20.9 Å². The van der Waals surface area contributed by atoms with Gasteiger partial charge in [0.1, 0.15) is 6.54 Å². The zero-order valence-electron chi connectivity index (χ0n) is 18.4. The molecule has 0 spiro atoms. The molecule has 2 aliphatic rings. The quantitative estimate of drug-likeness (QED) is 0.194. The van der Waals surface area contributed by atoms with Crippen molar-refractivity contribution in [3.63, 3.8) is 0 Å². The Balaban J connectivity index is 0.00000341. The molecule has 8 heteroatoms. The first-order chi connectivity index (χ1) is 14.7. The van der Waals surface area contributed by atoms with E-state index in [4.69, 9.17) is 0 Å². The third-order valence-corrected chi connectivity index (χ3v) is 5.72. The Morgan fingerprint density at radius 2 is 1.68 bits per heavy atom. The molecule has 31 heavy (non-hydrogen) atoms. The van der Waals surface area contributed by atoms with Crippen LogP contribution in [0.5, 0.6) is 0 Å². The van der Waals surface area contributed by atoms with Crippen LogP contribution in [-0.4, -0.2) is 61.9 Å². The van der Waals surface area contributed by atoms with E-state index in [0.717, 1.165) is 51.7 Å². The lowest BCUT2D eigenvalue weighted by Crippen LogP contribution is -2.43. The summed E-state index contributed by atoms with van der Waals surface area (Å²) >= 11 is 0. The van der Waals surface area contributed by atoms with E-state index in [1.54, 1.807) is 0 Å². The summed E-state index contributed by atoms with van der Waals surface area (Å²) in [4.78, 5) is 30.6. The molecule has 3 rings (SSSR count). The van der Waals surface area contributed by atoms with E-state index in [2.05, 4.69) is 45.2 Å². The number of carbonyl (C=O) groups excluding carboxylic acids is 2. The smallest absolute Gasteiger partial charge is 0.244 e. The van der Waals surface area contributed by atoms with Crippen molar-refractivity contribution in [2.45, 2.75) is 39.0 Å². The number of aliphatic imine (C=N–C) groups is 1. The molecule has 0 radical (unpaired) electrons. The zero-order valence-corrected chi connectivity index (χ0v) is 20.8. The van der Waals surface area contributed by atoms with Crippen LogP contribution in [0.1, 0.15) is 38.2 Å². The second-order valence-electron chi connectivity index (χ2n) is 8.20. The molecule has 1 heterocycles. The van der Waals surface area contributed by atoms with Crippen molar-refractivity contribution in [3.05, 3.63) is 35.9 Å². The minimum Gasteiger partial charge on any atom is -0.357 e. The minimum absolute atomic E-state index is 0. The second kappa shape index (κ2) is 13.5. The fraction of sp³-hybridized carbons (Fsp3) is 0.609. The SMILES string of the molecule is CCNC(=NCC(=O)N1CCC(Cc2ccccc2)CC1)NCCNC(=O)C1CC1.I. The van der Waals surface area contributed by atoms with Gasteiger partial charge in [0.05, 0.1) is 0 Å². The fourth-order valence-electron chi connectivity index (χ4n) is 3.78. The molecule has 1 aromatic rings. The topological polar surface area (TPSA) is 85.8 Å². The third kappa shape index (κ3) is 9.04. The molecule has 0 aromatic heterocycles. The summed E-state index contributed by atoms with van der Waals surface area (Å²) < 4.78 is 0. The second-order valence-corrected chi connectivity index (χ2v) is 8.20. The first kappa shape index (κ1) is 25.4. The van der Waals surface area contributed by atoms with Crippen molar-refractivity contribution in [3.8, 4) is 0 Å². The molecule has 2 amide bonds. The standard InChI is InChI=1S/C23H35N5O2.HI/c1-2-24-23(26-13-12-25-22(30)20-8-9-20)27-17-21(29)28-14-10-19(11-15-28)16-18-6-4-3-5-7-18;/h3-7,19-20H,2,8-17H2,1H3,(H,25,30)(H2,24,26,27);1H. The van der Waals surface area contributed by atoms with Gasteiger partial charge in [-0.15, -0.1) is 24.0 Å². The van der Waals surface area contributed by atoms with Crippen LogP contribution in [0, 0.1) is 11.8 Å². The highest BCUT2D eigenvalue weighted by molar-refractivity contribution is 14.0. The Bertz CT molecular complexity index is 716. The van der Waals surface area contributed by atoms with Gasteiger partial charge in [0.15, 0.2) is 5.96 Å². The van der Waals surface area contributed by atoms with E-state index in [9.17, 15) is 9.59 Å². The summed E-state index contributed by atoms with van der Waals surface area (Å²) in [5.74, 6) is 1.70. The molecular formula is C23H36IN5O2. The van der Waals surface area contributed by atoms with Crippen LogP contribution in [0.2, 0.25) is 0 Å². The monoisotopic (exact) mass is 541 g/mol. The van der Waals surface area contributed by atoms with Crippen molar-refractivity contribution in [1.29, 1.82) is 0 Å². The molecule has 1 aliphatic carbocycles. The van der Waals surface area contributed by atoms with Crippen LogP contribution in [0.3, 0.4) is 0 Å². The summed E-state index contributed by atoms with van der Waals surface area (Å²) in [7, 11) is 0. The molecule has 0 atom stereocenters. The number of benzene rings is 1. The summed E-state index contributed by atoms with van der Waals surface area (Å²) in [6.07, 6.45) is 5.20. The van der Waals surface area contributed by atoms with E-state index in [-0.39, 0.29) is 48.3 Å². The lowest BCUT2D eigenvalue weighted by atomic mass is 9.90. The molecule has 1 aliphatic heterocycles. The van der Waals surface area contributed by atoms with Crippen molar-refractivity contribution < 1.29 is 9.59 Å². The molecule has 1 aromatic carbocycles. The Kier molecular flexibility index (Phi) is 11.1. The highest BCUT2D eigenvalue weighted by atomic mass is 127.